The fourth-order valence-electron chi connectivity index (χ4n) is 1.24. The zero-order chi connectivity index (χ0) is 11.6. The Morgan fingerprint density at radius 1 is 1.27 bits per heavy atom. The molecule has 1 rings (SSSR count). The SMILES string of the molecule is COc1cc(Cl)cc(C(=O)C(C)(C)C)c1. The monoisotopic (exact) mass is 226 g/mol. The normalized spacial score (nSPS) is 11.3. The molecule has 0 aliphatic heterocycles. The van der Waals surface area contributed by atoms with E-state index in [2.05, 4.69) is 0 Å². The molecule has 0 saturated carbocycles. The van der Waals surface area contributed by atoms with E-state index in [-0.39, 0.29) is 5.78 Å². The zero-order valence-corrected chi connectivity index (χ0v) is 10.2. The fraction of sp³-hybridized carbons (Fsp3) is 0.417. The van der Waals surface area contributed by atoms with Crippen LogP contribution in [-0.4, -0.2) is 12.9 Å². The highest BCUT2D eigenvalue weighted by Gasteiger charge is 2.23. The third-order valence-corrected chi connectivity index (χ3v) is 2.27. The maximum Gasteiger partial charge on any atom is 0.168 e. The molecule has 0 aromatic heterocycles. The number of ether oxygens (including phenoxy) is 1. The van der Waals surface area contributed by atoms with E-state index in [1.165, 1.54) is 0 Å². The molecule has 15 heavy (non-hydrogen) atoms. The van der Waals surface area contributed by atoms with Gasteiger partial charge in [-0.2, -0.15) is 0 Å². The van der Waals surface area contributed by atoms with Crippen LogP contribution in [0.5, 0.6) is 5.75 Å². The van der Waals surface area contributed by atoms with Crippen LogP contribution >= 0.6 is 11.6 Å². The van der Waals surface area contributed by atoms with Gasteiger partial charge in [-0.3, -0.25) is 4.79 Å². The quantitative estimate of drug-likeness (QED) is 0.721. The number of hydrogen-bond acceptors (Lipinski definition) is 2. The fourth-order valence-corrected chi connectivity index (χ4v) is 1.47. The van der Waals surface area contributed by atoms with Crippen molar-refractivity contribution >= 4 is 17.4 Å². The van der Waals surface area contributed by atoms with E-state index in [0.717, 1.165) is 0 Å². The van der Waals surface area contributed by atoms with Crippen LogP contribution in [0.2, 0.25) is 5.02 Å². The lowest BCUT2D eigenvalue weighted by atomic mass is 9.86. The second kappa shape index (κ2) is 4.23. The van der Waals surface area contributed by atoms with Crippen LogP contribution in [0.4, 0.5) is 0 Å². The topological polar surface area (TPSA) is 26.3 Å². The van der Waals surface area contributed by atoms with Crippen LogP contribution in [0.15, 0.2) is 18.2 Å². The van der Waals surface area contributed by atoms with Gasteiger partial charge in [0.05, 0.1) is 7.11 Å². The Morgan fingerprint density at radius 3 is 2.33 bits per heavy atom. The number of carbonyl (C=O) groups excluding carboxylic acids is 1. The molecule has 0 amide bonds. The summed E-state index contributed by atoms with van der Waals surface area (Å²) in [5.41, 5.74) is 0.183. The van der Waals surface area contributed by atoms with Crippen molar-refractivity contribution in [2.75, 3.05) is 7.11 Å². The van der Waals surface area contributed by atoms with Gasteiger partial charge in [-0.15, -0.1) is 0 Å². The van der Waals surface area contributed by atoms with Crippen molar-refractivity contribution in [2.45, 2.75) is 20.8 Å². The molecule has 0 aliphatic carbocycles. The molecular weight excluding hydrogens is 212 g/mol. The number of methoxy groups -OCH3 is 1. The third-order valence-electron chi connectivity index (χ3n) is 2.05. The van der Waals surface area contributed by atoms with Gasteiger partial charge in [-0.1, -0.05) is 32.4 Å². The maximum absolute atomic E-state index is 12.0. The summed E-state index contributed by atoms with van der Waals surface area (Å²) in [6.07, 6.45) is 0. The van der Waals surface area contributed by atoms with E-state index in [4.69, 9.17) is 16.3 Å². The Labute approximate surface area is 95.2 Å². The Bertz CT molecular complexity index is 378. The van der Waals surface area contributed by atoms with Gasteiger partial charge in [0.15, 0.2) is 5.78 Å². The molecule has 0 fully saturated rings. The minimum atomic E-state index is -0.407. The molecule has 0 bridgehead atoms. The lowest BCUT2D eigenvalue weighted by Crippen LogP contribution is -2.20. The second-order valence-electron chi connectivity index (χ2n) is 4.46. The molecule has 0 N–H and O–H groups in total. The van der Waals surface area contributed by atoms with Crippen LogP contribution in [-0.2, 0) is 0 Å². The van der Waals surface area contributed by atoms with Crippen molar-refractivity contribution < 1.29 is 9.53 Å². The summed E-state index contributed by atoms with van der Waals surface area (Å²) in [5.74, 6) is 0.665. The Balaban J connectivity index is 3.15. The molecule has 0 aliphatic rings. The summed E-state index contributed by atoms with van der Waals surface area (Å²) < 4.78 is 5.06. The van der Waals surface area contributed by atoms with Crippen molar-refractivity contribution in [1.29, 1.82) is 0 Å². The standard InChI is InChI=1S/C12H15ClO2/c1-12(2,3)11(14)8-5-9(13)7-10(6-8)15-4/h5-7H,1-4H3. The summed E-state index contributed by atoms with van der Waals surface area (Å²) in [4.78, 5) is 12.0. The first-order valence-electron chi connectivity index (χ1n) is 4.74. The van der Waals surface area contributed by atoms with Gasteiger partial charge in [0.1, 0.15) is 5.75 Å². The first kappa shape index (κ1) is 12.1. The number of benzene rings is 1. The molecule has 0 spiro atoms. The molecule has 3 heteroatoms. The van der Waals surface area contributed by atoms with Gasteiger partial charge < -0.3 is 4.74 Å². The summed E-state index contributed by atoms with van der Waals surface area (Å²) in [7, 11) is 1.55. The molecule has 1 aromatic rings. The molecule has 0 saturated heterocycles. The molecular formula is C12H15ClO2. The molecule has 0 heterocycles. The van der Waals surface area contributed by atoms with Crippen molar-refractivity contribution in [3.63, 3.8) is 0 Å². The first-order valence-corrected chi connectivity index (χ1v) is 5.12. The average molecular weight is 227 g/mol. The van der Waals surface area contributed by atoms with E-state index < -0.39 is 5.41 Å². The molecule has 0 atom stereocenters. The Hall–Kier alpha value is -1.02. The average Bonchev–Trinajstić information content (AvgIpc) is 2.14. The van der Waals surface area contributed by atoms with Crippen molar-refractivity contribution in [2.24, 2.45) is 5.41 Å². The van der Waals surface area contributed by atoms with Gasteiger partial charge in [-0.25, -0.2) is 0 Å². The number of halogens is 1. The minimum Gasteiger partial charge on any atom is -0.497 e. The summed E-state index contributed by atoms with van der Waals surface area (Å²) in [5, 5.41) is 0.516. The second-order valence-corrected chi connectivity index (χ2v) is 4.90. The minimum absolute atomic E-state index is 0.0586. The summed E-state index contributed by atoms with van der Waals surface area (Å²) in [6, 6.07) is 5.05. The van der Waals surface area contributed by atoms with Gasteiger partial charge in [0.2, 0.25) is 0 Å². The van der Waals surface area contributed by atoms with Crippen LogP contribution in [0.25, 0.3) is 0 Å². The van der Waals surface area contributed by atoms with Crippen LogP contribution in [0.1, 0.15) is 31.1 Å². The van der Waals surface area contributed by atoms with Crippen molar-refractivity contribution in [1.82, 2.24) is 0 Å². The number of carbonyl (C=O) groups is 1. The van der Waals surface area contributed by atoms with Gasteiger partial charge >= 0.3 is 0 Å². The van der Waals surface area contributed by atoms with Gasteiger partial charge in [0, 0.05) is 16.0 Å². The molecule has 82 valence electrons. The number of ketones is 1. The summed E-state index contributed by atoms with van der Waals surface area (Å²) in [6.45, 7) is 5.63. The Kier molecular flexibility index (Phi) is 3.40. The lowest BCUT2D eigenvalue weighted by molar-refractivity contribution is 0.0858. The van der Waals surface area contributed by atoms with Gasteiger partial charge in [0.25, 0.3) is 0 Å². The molecule has 0 radical (unpaired) electrons. The highest BCUT2D eigenvalue weighted by molar-refractivity contribution is 6.31. The van der Waals surface area contributed by atoms with Crippen molar-refractivity contribution in [3.8, 4) is 5.75 Å². The number of rotatable bonds is 2. The molecule has 2 nitrogen and oxygen atoms in total. The van der Waals surface area contributed by atoms with E-state index in [9.17, 15) is 4.79 Å². The first-order chi connectivity index (χ1) is 6.84. The van der Waals surface area contributed by atoms with E-state index in [1.807, 2.05) is 20.8 Å². The molecule has 0 unspecified atom stereocenters. The smallest absolute Gasteiger partial charge is 0.168 e. The highest BCUT2D eigenvalue weighted by atomic mass is 35.5. The third kappa shape index (κ3) is 2.96. The largest absolute Gasteiger partial charge is 0.497 e. The van der Waals surface area contributed by atoms with E-state index >= 15 is 0 Å². The summed E-state index contributed by atoms with van der Waals surface area (Å²) >= 11 is 5.89. The number of Topliss-reactive ketones (excluding diaryl/α,β-unsaturated/α-hetero) is 1. The maximum atomic E-state index is 12.0. The zero-order valence-electron chi connectivity index (χ0n) is 9.43. The van der Waals surface area contributed by atoms with Crippen LogP contribution in [0, 0.1) is 5.41 Å². The van der Waals surface area contributed by atoms with Gasteiger partial charge in [-0.05, 0) is 18.2 Å². The predicted octanol–water partition coefficient (Wildman–Crippen LogP) is 3.58. The van der Waals surface area contributed by atoms with E-state index in [0.29, 0.717) is 16.3 Å². The lowest BCUT2D eigenvalue weighted by Gasteiger charge is -2.17. The van der Waals surface area contributed by atoms with Crippen LogP contribution < -0.4 is 4.74 Å². The predicted molar refractivity (Wildman–Crippen MR) is 61.8 cm³/mol. The molecule has 1 aromatic carbocycles. The number of hydrogen-bond donors (Lipinski definition) is 0. The van der Waals surface area contributed by atoms with Crippen molar-refractivity contribution in [3.05, 3.63) is 28.8 Å². The van der Waals surface area contributed by atoms with Crippen LogP contribution in [0.3, 0.4) is 0 Å². The highest BCUT2D eigenvalue weighted by Crippen LogP contribution is 2.26. The Morgan fingerprint density at radius 2 is 1.87 bits per heavy atom. The van der Waals surface area contributed by atoms with E-state index in [1.54, 1.807) is 25.3 Å².